The van der Waals surface area contributed by atoms with Gasteiger partial charge in [-0.25, -0.2) is 9.37 Å². The number of aromatic nitrogens is 1. The molecule has 0 radical (unpaired) electrons. The van der Waals surface area contributed by atoms with Crippen molar-refractivity contribution in [2.75, 3.05) is 57.1 Å². The molecular weight excluding hydrogens is 771 g/mol. The van der Waals surface area contributed by atoms with Crippen LogP contribution in [0.2, 0.25) is 0 Å². The highest BCUT2D eigenvalue weighted by Crippen LogP contribution is 2.38. The van der Waals surface area contributed by atoms with Crippen molar-refractivity contribution in [3.8, 4) is 17.0 Å². The van der Waals surface area contributed by atoms with Crippen molar-refractivity contribution in [2.45, 2.75) is 84.5 Å². The van der Waals surface area contributed by atoms with Gasteiger partial charge in [-0.2, -0.15) is 4.39 Å². The van der Waals surface area contributed by atoms with Gasteiger partial charge in [0.15, 0.2) is 29.6 Å². The lowest BCUT2D eigenvalue weighted by molar-refractivity contribution is -0.125. The van der Waals surface area contributed by atoms with Gasteiger partial charge in [-0.15, -0.1) is 11.3 Å². The average molecular weight is 825 g/mol. The number of aldehydes is 2. The first-order valence-corrected chi connectivity index (χ1v) is 20.4. The Labute approximate surface area is 342 Å². The van der Waals surface area contributed by atoms with E-state index in [4.69, 9.17) is 14.5 Å². The summed E-state index contributed by atoms with van der Waals surface area (Å²) >= 11 is 1.41. The van der Waals surface area contributed by atoms with Crippen LogP contribution in [0.3, 0.4) is 0 Å². The van der Waals surface area contributed by atoms with Gasteiger partial charge < -0.3 is 40.0 Å². The second-order valence-corrected chi connectivity index (χ2v) is 17.4. The van der Waals surface area contributed by atoms with Crippen LogP contribution >= 0.6 is 11.3 Å². The Bertz CT molecular complexity index is 1960. The quantitative estimate of drug-likeness (QED) is 0.118. The number of likely N-dealkylation sites (N-methyl/N-ethyl adjacent to an activating group) is 2. The summed E-state index contributed by atoms with van der Waals surface area (Å²) in [6, 6.07) is 6.39. The second kappa shape index (κ2) is 19.2. The van der Waals surface area contributed by atoms with Gasteiger partial charge in [0.1, 0.15) is 12.3 Å². The van der Waals surface area contributed by atoms with Crippen LogP contribution in [0, 0.1) is 22.5 Å². The fourth-order valence-corrected chi connectivity index (χ4v) is 7.93. The van der Waals surface area contributed by atoms with Crippen LogP contribution in [0.4, 0.5) is 19.6 Å². The number of benzene rings is 2. The zero-order chi connectivity index (χ0) is 42.2. The molecule has 3 amide bonds. The molecule has 0 aliphatic carbocycles. The molecule has 2 bridgehead atoms. The van der Waals surface area contributed by atoms with E-state index in [2.05, 4.69) is 34.7 Å². The summed E-state index contributed by atoms with van der Waals surface area (Å²) in [5.41, 5.74) is 1.04. The van der Waals surface area contributed by atoms with E-state index in [1.165, 1.54) is 36.4 Å². The average Bonchev–Trinajstić information content (AvgIpc) is 3.84. The first-order valence-electron chi connectivity index (χ1n) is 19.5. The largest absolute Gasteiger partial charge is 0.480 e. The molecule has 0 spiro atoms. The minimum Gasteiger partial charge on any atom is -0.480 e. The van der Waals surface area contributed by atoms with Crippen LogP contribution in [-0.4, -0.2) is 105 Å². The van der Waals surface area contributed by atoms with Crippen LogP contribution < -0.4 is 25.6 Å². The zero-order valence-electron chi connectivity index (χ0n) is 34.0. The molecule has 314 valence electrons. The number of ether oxygens (including phenoxy) is 2. The predicted octanol–water partition coefficient (Wildman–Crippen LogP) is 5.87. The van der Waals surface area contributed by atoms with Crippen LogP contribution in [0.15, 0.2) is 35.7 Å². The number of fused-ring (bicyclic) bond motifs is 2. The van der Waals surface area contributed by atoms with E-state index in [9.17, 15) is 28.4 Å². The molecule has 3 aromatic rings. The van der Waals surface area contributed by atoms with Gasteiger partial charge in [0, 0.05) is 68.9 Å². The lowest BCUT2D eigenvalue weighted by Crippen LogP contribution is -2.47. The maximum absolute atomic E-state index is 15.1. The number of thiazole rings is 1. The molecule has 2 aliphatic heterocycles. The molecule has 3 heterocycles. The topological polar surface area (TPSA) is 159 Å². The standard InChI is InChI=1S/C42H54F2N6O7S/c1-41(2,24-46-27-10-9-26(21-52)31(18-27)39(55)49(6)34(8-7-17-51)38(54)45-5)15-16-42(3,4)25-47-35(53)22-56-37-30(13-14-32(43)36(37)44)33-23-58-40(48-33)50-19-28-11-12-29(20-50)57-28/h9-10,13-14,17-18,21,23,28-29,34,46H,7-8,11-12,15-16,19-20,22,24-25H2,1-6H3,(H,45,54)(H,47,53). The maximum atomic E-state index is 15.1. The Morgan fingerprint density at radius 3 is 2.40 bits per heavy atom. The van der Waals surface area contributed by atoms with Crippen molar-refractivity contribution < 1.29 is 42.2 Å². The Hall–Kier alpha value is -4.96. The summed E-state index contributed by atoms with van der Waals surface area (Å²) in [7, 11) is 2.92. The maximum Gasteiger partial charge on any atom is 0.257 e. The molecule has 3 atom stereocenters. The van der Waals surface area contributed by atoms with Crippen LogP contribution in [0.25, 0.3) is 11.3 Å². The van der Waals surface area contributed by atoms with E-state index in [0.717, 1.165) is 50.0 Å². The number of carbonyl (C=O) groups excluding carboxylic acids is 5. The van der Waals surface area contributed by atoms with Crippen molar-refractivity contribution >= 4 is 52.4 Å². The molecule has 2 aromatic carbocycles. The van der Waals surface area contributed by atoms with Crippen molar-refractivity contribution in [2.24, 2.45) is 10.8 Å². The van der Waals surface area contributed by atoms with Gasteiger partial charge in [0.2, 0.25) is 11.7 Å². The molecule has 58 heavy (non-hydrogen) atoms. The van der Waals surface area contributed by atoms with Crippen LogP contribution in [-0.2, 0) is 19.1 Å². The molecule has 3 unspecified atom stereocenters. The van der Waals surface area contributed by atoms with Gasteiger partial charge in [-0.05, 0) is 73.3 Å². The predicted molar refractivity (Wildman–Crippen MR) is 218 cm³/mol. The van der Waals surface area contributed by atoms with Crippen molar-refractivity contribution in [3.63, 3.8) is 0 Å². The van der Waals surface area contributed by atoms with Gasteiger partial charge in [0.05, 0.1) is 23.5 Å². The number of rotatable bonds is 20. The number of amides is 3. The highest BCUT2D eigenvalue weighted by atomic mass is 32.1. The number of morpholine rings is 1. The fraction of sp³-hybridized carbons (Fsp3) is 0.524. The Morgan fingerprint density at radius 1 is 1.05 bits per heavy atom. The van der Waals surface area contributed by atoms with Crippen molar-refractivity contribution in [1.29, 1.82) is 0 Å². The SMILES string of the molecule is CNC(=O)C(CCC=O)N(C)C(=O)c1cc(NCC(C)(C)CCC(C)(C)CNC(=O)COc2c(-c3csc(N4CC5CCC(C4)O5)n3)ccc(F)c2F)ccc1C=O. The summed E-state index contributed by atoms with van der Waals surface area (Å²) in [4.78, 5) is 69.9. The molecule has 5 rings (SSSR count). The Morgan fingerprint density at radius 2 is 1.74 bits per heavy atom. The molecule has 2 fully saturated rings. The lowest BCUT2D eigenvalue weighted by atomic mass is 9.79. The molecule has 13 nitrogen and oxygen atoms in total. The Kier molecular flexibility index (Phi) is 14.6. The van der Waals surface area contributed by atoms with Crippen LogP contribution in [0.5, 0.6) is 5.75 Å². The molecule has 3 N–H and O–H groups in total. The summed E-state index contributed by atoms with van der Waals surface area (Å²) in [6.07, 6.45) is 5.35. The normalized spacial score (nSPS) is 17.0. The lowest BCUT2D eigenvalue weighted by Gasteiger charge is -2.32. The van der Waals surface area contributed by atoms with Crippen LogP contribution in [0.1, 0.15) is 86.9 Å². The summed E-state index contributed by atoms with van der Waals surface area (Å²) in [5, 5.41) is 11.3. The second-order valence-electron chi connectivity index (χ2n) is 16.6. The van der Waals surface area contributed by atoms with Gasteiger partial charge in [-0.1, -0.05) is 27.7 Å². The van der Waals surface area contributed by atoms with E-state index in [-0.39, 0.29) is 58.3 Å². The zero-order valence-corrected chi connectivity index (χ0v) is 34.8. The minimum absolute atomic E-state index is 0.0924. The third-order valence-corrected chi connectivity index (χ3v) is 11.7. The first-order chi connectivity index (χ1) is 27.5. The molecule has 16 heteroatoms. The van der Waals surface area contributed by atoms with E-state index in [1.54, 1.807) is 23.6 Å². The number of nitrogens with one attached hydrogen (secondary N) is 3. The number of halogens is 2. The van der Waals surface area contributed by atoms with Gasteiger partial charge in [-0.3, -0.25) is 19.2 Å². The minimum atomic E-state index is -1.18. The highest BCUT2D eigenvalue weighted by molar-refractivity contribution is 7.14. The van der Waals surface area contributed by atoms with E-state index in [1.807, 2.05) is 13.8 Å². The van der Waals surface area contributed by atoms with E-state index < -0.39 is 42.0 Å². The summed E-state index contributed by atoms with van der Waals surface area (Å²) in [6.45, 7) is 9.99. The molecule has 0 saturated carbocycles. The third-order valence-electron chi connectivity index (χ3n) is 10.8. The van der Waals surface area contributed by atoms with Gasteiger partial charge >= 0.3 is 0 Å². The molecule has 2 aliphatic rings. The van der Waals surface area contributed by atoms with Gasteiger partial charge in [0.25, 0.3) is 11.8 Å². The first kappa shape index (κ1) is 44.1. The molecule has 2 saturated heterocycles. The third kappa shape index (κ3) is 11.2. The highest BCUT2D eigenvalue weighted by Gasteiger charge is 2.35. The van der Waals surface area contributed by atoms with Crippen molar-refractivity contribution in [3.05, 3.63) is 58.5 Å². The number of hydrogen-bond donors (Lipinski definition) is 3. The number of carbonyl (C=O) groups is 5. The Balaban J connectivity index is 1.13. The molecule has 1 aromatic heterocycles. The monoisotopic (exact) mass is 824 g/mol. The molecular formula is C42H54F2N6O7S. The van der Waals surface area contributed by atoms with E-state index in [0.29, 0.717) is 37.0 Å². The smallest absolute Gasteiger partial charge is 0.257 e. The fourth-order valence-electron chi connectivity index (χ4n) is 7.08. The summed E-state index contributed by atoms with van der Waals surface area (Å²) < 4.78 is 41.1. The summed E-state index contributed by atoms with van der Waals surface area (Å²) in [5.74, 6) is -4.06. The number of nitrogens with zero attached hydrogens (tertiary/aromatic N) is 3. The van der Waals surface area contributed by atoms with Crippen molar-refractivity contribution in [1.82, 2.24) is 20.5 Å². The number of hydrogen-bond acceptors (Lipinski definition) is 11. The van der Waals surface area contributed by atoms with E-state index >= 15 is 4.39 Å². The number of anilines is 2.